The number of urea groups is 1. The maximum absolute atomic E-state index is 14.3. The Labute approximate surface area is 173 Å². The van der Waals surface area contributed by atoms with Crippen LogP contribution in [0.25, 0.3) is 17.0 Å². The molecule has 10 heteroatoms. The summed E-state index contributed by atoms with van der Waals surface area (Å²) < 4.78 is 41.5. The second-order valence-corrected chi connectivity index (χ2v) is 7.54. The zero-order valence-electron chi connectivity index (χ0n) is 16.0. The highest BCUT2D eigenvalue weighted by molar-refractivity contribution is 5.83. The molecule has 1 saturated heterocycles. The molecular formula is C21H16F3N5O2. The first-order chi connectivity index (χ1) is 14.9. The number of benzene rings is 2. The van der Waals surface area contributed by atoms with E-state index in [0.717, 1.165) is 11.6 Å². The molecule has 2 amide bonds. The minimum Gasteiger partial charge on any atom is -0.315 e. The van der Waals surface area contributed by atoms with Gasteiger partial charge in [-0.2, -0.15) is 5.10 Å². The fraction of sp³-hybridized carbons (Fsp3) is 0.190. The van der Waals surface area contributed by atoms with E-state index in [1.54, 1.807) is 6.08 Å². The first kappa shape index (κ1) is 19.2. The quantitative estimate of drug-likeness (QED) is 0.656. The minimum atomic E-state index is -0.716. The van der Waals surface area contributed by atoms with Crippen molar-refractivity contribution in [3.8, 4) is 0 Å². The predicted molar refractivity (Wildman–Crippen MR) is 108 cm³/mol. The summed E-state index contributed by atoms with van der Waals surface area (Å²) in [4.78, 5) is 25.9. The molecular weight excluding hydrogens is 411 g/mol. The SMILES string of the molecule is O=C(N1CC(=Cc2cc3[nH][nH]c(=O)c3cc2F)C1)N1N=CC[C@H]1c1cc(F)cc(F)c1. The normalized spacial score (nSPS) is 18.0. The lowest BCUT2D eigenvalue weighted by Gasteiger charge is -2.37. The number of halogens is 3. The molecule has 2 N–H and O–H groups in total. The molecule has 7 nitrogen and oxygen atoms in total. The van der Waals surface area contributed by atoms with Crippen LogP contribution in [0.2, 0.25) is 0 Å². The van der Waals surface area contributed by atoms with Gasteiger partial charge in [-0.25, -0.2) is 23.0 Å². The van der Waals surface area contributed by atoms with Gasteiger partial charge in [0.2, 0.25) is 0 Å². The van der Waals surface area contributed by atoms with E-state index in [1.807, 2.05) is 0 Å². The number of nitrogens with zero attached hydrogens (tertiary/aromatic N) is 3. The number of aromatic amines is 2. The maximum atomic E-state index is 14.3. The fourth-order valence-corrected chi connectivity index (χ4v) is 3.86. The lowest BCUT2D eigenvalue weighted by atomic mass is 10.0. The molecule has 1 aromatic heterocycles. The van der Waals surface area contributed by atoms with Gasteiger partial charge in [-0.15, -0.1) is 0 Å². The fourth-order valence-electron chi connectivity index (χ4n) is 3.86. The van der Waals surface area contributed by atoms with Crippen LogP contribution in [0.5, 0.6) is 0 Å². The Balaban J connectivity index is 1.31. The number of aromatic nitrogens is 2. The van der Waals surface area contributed by atoms with Crippen molar-refractivity contribution in [3.05, 3.63) is 74.8 Å². The summed E-state index contributed by atoms with van der Waals surface area (Å²) >= 11 is 0. The average molecular weight is 427 g/mol. The molecule has 0 bridgehead atoms. The third-order valence-electron chi connectivity index (χ3n) is 5.41. The molecule has 1 atom stereocenters. The molecule has 0 saturated carbocycles. The van der Waals surface area contributed by atoms with E-state index in [1.165, 1.54) is 40.4 Å². The number of hydrogen-bond donors (Lipinski definition) is 2. The van der Waals surface area contributed by atoms with Gasteiger partial charge in [-0.05, 0) is 41.5 Å². The van der Waals surface area contributed by atoms with E-state index < -0.39 is 35.1 Å². The van der Waals surface area contributed by atoms with Crippen molar-refractivity contribution in [3.63, 3.8) is 0 Å². The lowest BCUT2D eigenvalue weighted by molar-refractivity contribution is 0.136. The molecule has 2 aliphatic heterocycles. The van der Waals surface area contributed by atoms with Crippen LogP contribution in [-0.4, -0.2) is 45.4 Å². The van der Waals surface area contributed by atoms with Crippen molar-refractivity contribution in [1.82, 2.24) is 20.1 Å². The molecule has 0 aliphatic carbocycles. The standard InChI is InChI=1S/C21H16F3N5O2/c22-14-4-13(5-15(23)7-14)19-1-2-25-29(19)21(31)28-9-11(10-28)3-12-6-18-16(8-17(12)24)20(30)27-26-18/h2-8,19H,1,9-10H2,(H2,26,27,30)/t19-/m0/s1. The van der Waals surface area contributed by atoms with E-state index in [0.29, 0.717) is 23.1 Å². The van der Waals surface area contributed by atoms with Crippen LogP contribution < -0.4 is 5.56 Å². The van der Waals surface area contributed by atoms with Gasteiger partial charge in [0.05, 0.1) is 16.9 Å². The van der Waals surface area contributed by atoms with Crippen LogP contribution in [0, 0.1) is 17.5 Å². The third kappa shape index (κ3) is 3.39. The Kier molecular flexibility index (Phi) is 4.42. The topological polar surface area (TPSA) is 84.6 Å². The van der Waals surface area contributed by atoms with Crippen LogP contribution in [-0.2, 0) is 0 Å². The summed E-state index contributed by atoms with van der Waals surface area (Å²) in [5.74, 6) is -1.97. The summed E-state index contributed by atoms with van der Waals surface area (Å²) in [7, 11) is 0. The molecule has 0 spiro atoms. The highest BCUT2D eigenvalue weighted by Crippen LogP contribution is 2.32. The number of hydrazone groups is 1. The highest BCUT2D eigenvalue weighted by atomic mass is 19.1. The smallest absolute Gasteiger partial charge is 0.315 e. The molecule has 2 aromatic carbocycles. The molecule has 1 fully saturated rings. The van der Waals surface area contributed by atoms with Crippen molar-refractivity contribution in [1.29, 1.82) is 0 Å². The Morgan fingerprint density at radius 2 is 1.81 bits per heavy atom. The molecule has 0 radical (unpaired) electrons. The van der Waals surface area contributed by atoms with Gasteiger partial charge in [0.15, 0.2) is 0 Å². The third-order valence-corrected chi connectivity index (χ3v) is 5.41. The van der Waals surface area contributed by atoms with Gasteiger partial charge in [0, 0.05) is 37.4 Å². The minimum absolute atomic E-state index is 0.233. The first-order valence-electron chi connectivity index (χ1n) is 9.55. The van der Waals surface area contributed by atoms with E-state index in [-0.39, 0.29) is 18.5 Å². The Morgan fingerprint density at radius 1 is 1.06 bits per heavy atom. The maximum Gasteiger partial charge on any atom is 0.341 e. The van der Waals surface area contributed by atoms with Crippen LogP contribution in [0.15, 0.2) is 45.8 Å². The molecule has 0 unspecified atom stereocenters. The van der Waals surface area contributed by atoms with Gasteiger partial charge in [-0.1, -0.05) is 0 Å². The Bertz CT molecular complexity index is 1300. The number of likely N-dealkylation sites (tertiary alicyclic amines) is 1. The van der Waals surface area contributed by atoms with E-state index in [4.69, 9.17) is 0 Å². The lowest BCUT2D eigenvalue weighted by Crippen LogP contribution is -2.49. The van der Waals surface area contributed by atoms with Crippen LogP contribution >= 0.6 is 0 Å². The number of rotatable bonds is 2. The Morgan fingerprint density at radius 3 is 2.55 bits per heavy atom. The second kappa shape index (κ2) is 7.15. The van der Waals surface area contributed by atoms with Crippen LogP contribution in [0.3, 0.4) is 0 Å². The van der Waals surface area contributed by atoms with Gasteiger partial charge >= 0.3 is 6.03 Å². The number of carbonyl (C=O) groups excluding carboxylic acids is 1. The Hall–Kier alpha value is -3.82. The van der Waals surface area contributed by atoms with Crippen molar-refractivity contribution < 1.29 is 18.0 Å². The number of carbonyl (C=O) groups is 1. The summed E-state index contributed by atoms with van der Waals surface area (Å²) in [6.45, 7) is 0.548. The first-order valence-corrected chi connectivity index (χ1v) is 9.55. The monoisotopic (exact) mass is 427 g/mol. The number of nitrogens with one attached hydrogen (secondary N) is 2. The van der Waals surface area contributed by atoms with Gasteiger partial charge in [0.1, 0.15) is 17.5 Å². The average Bonchev–Trinajstić information content (AvgIpc) is 3.31. The summed E-state index contributed by atoms with van der Waals surface area (Å²) in [6, 6.07) is 4.86. The largest absolute Gasteiger partial charge is 0.341 e. The predicted octanol–water partition coefficient (Wildman–Crippen LogP) is 3.53. The van der Waals surface area contributed by atoms with Gasteiger partial charge < -0.3 is 4.90 Å². The zero-order valence-corrected chi connectivity index (χ0v) is 16.0. The molecule has 2 aliphatic rings. The van der Waals surface area contributed by atoms with Gasteiger partial charge in [-0.3, -0.25) is 15.0 Å². The summed E-state index contributed by atoms with van der Waals surface area (Å²) in [5, 5.41) is 10.6. The molecule has 3 heterocycles. The van der Waals surface area contributed by atoms with E-state index >= 15 is 0 Å². The van der Waals surface area contributed by atoms with Crippen LogP contribution in [0.1, 0.15) is 23.6 Å². The van der Waals surface area contributed by atoms with Crippen molar-refractivity contribution in [2.75, 3.05) is 13.1 Å². The number of fused-ring (bicyclic) bond motifs is 1. The molecule has 31 heavy (non-hydrogen) atoms. The molecule has 5 rings (SSSR count). The van der Waals surface area contributed by atoms with Crippen LogP contribution in [0.4, 0.5) is 18.0 Å². The summed E-state index contributed by atoms with van der Waals surface area (Å²) in [5.41, 5.74) is 1.54. The second-order valence-electron chi connectivity index (χ2n) is 7.54. The molecule has 3 aromatic rings. The zero-order chi connectivity index (χ0) is 21.7. The van der Waals surface area contributed by atoms with E-state index in [9.17, 15) is 22.8 Å². The number of H-pyrrole nitrogens is 2. The number of amides is 2. The summed E-state index contributed by atoms with van der Waals surface area (Å²) in [6.07, 6.45) is 3.52. The van der Waals surface area contributed by atoms with Gasteiger partial charge in [0.25, 0.3) is 5.56 Å². The van der Waals surface area contributed by atoms with Crippen molar-refractivity contribution in [2.24, 2.45) is 5.10 Å². The van der Waals surface area contributed by atoms with Crippen molar-refractivity contribution >= 4 is 29.2 Å². The molecule has 158 valence electrons. The van der Waals surface area contributed by atoms with Crippen molar-refractivity contribution in [2.45, 2.75) is 12.5 Å². The highest BCUT2D eigenvalue weighted by Gasteiger charge is 2.35. The number of hydrogen-bond acceptors (Lipinski definition) is 3. The van der Waals surface area contributed by atoms with E-state index in [2.05, 4.69) is 15.3 Å².